The van der Waals surface area contributed by atoms with Crippen LogP contribution in [-0.4, -0.2) is 36.8 Å². The summed E-state index contributed by atoms with van der Waals surface area (Å²) in [5.41, 5.74) is 2.72. The van der Waals surface area contributed by atoms with Gasteiger partial charge in [0, 0.05) is 23.9 Å². The fourth-order valence-electron chi connectivity index (χ4n) is 3.92. The highest BCUT2D eigenvalue weighted by Crippen LogP contribution is 2.32. The van der Waals surface area contributed by atoms with Crippen LogP contribution in [0.2, 0.25) is 0 Å². The van der Waals surface area contributed by atoms with E-state index < -0.39 is 0 Å². The first-order valence-electron chi connectivity index (χ1n) is 9.78. The van der Waals surface area contributed by atoms with Crippen LogP contribution in [0.4, 0.5) is 4.39 Å². The van der Waals surface area contributed by atoms with Gasteiger partial charge in [-0.2, -0.15) is 0 Å². The van der Waals surface area contributed by atoms with Gasteiger partial charge in [0.05, 0.1) is 12.8 Å². The highest BCUT2D eigenvalue weighted by molar-refractivity contribution is 5.79. The van der Waals surface area contributed by atoms with Crippen LogP contribution in [-0.2, 0) is 6.42 Å². The van der Waals surface area contributed by atoms with E-state index >= 15 is 0 Å². The SMILES string of the molecule is COc1ccccc1CC=CCN1CCC(c2noc3cc(F)ccc23)CC1. The number of fused-ring (bicyclic) bond motifs is 1. The number of halogens is 1. The zero-order chi connectivity index (χ0) is 19.3. The highest BCUT2D eigenvalue weighted by atomic mass is 19.1. The first-order valence-corrected chi connectivity index (χ1v) is 9.78. The Morgan fingerprint density at radius 1 is 1.18 bits per heavy atom. The minimum absolute atomic E-state index is 0.287. The lowest BCUT2D eigenvalue weighted by Crippen LogP contribution is -2.33. The third kappa shape index (κ3) is 4.09. The Balaban J connectivity index is 1.29. The second-order valence-electron chi connectivity index (χ2n) is 7.27. The van der Waals surface area contributed by atoms with Crippen molar-refractivity contribution < 1.29 is 13.7 Å². The number of hydrogen-bond acceptors (Lipinski definition) is 4. The summed E-state index contributed by atoms with van der Waals surface area (Å²) in [7, 11) is 1.71. The number of allylic oxidation sites excluding steroid dienone is 1. The molecule has 146 valence electrons. The Kier molecular flexibility index (Phi) is 5.72. The fourth-order valence-corrected chi connectivity index (χ4v) is 3.92. The topological polar surface area (TPSA) is 38.5 Å². The second-order valence-corrected chi connectivity index (χ2v) is 7.27. The monoisotopic (exact) mass is 380 g/mol. The fraction of sp³-hybridized carbons (Fsp3) is 0.348. The molecule has 1 saturated heterocycles. The molecule has 0 radical (unpaired) electrons. The number of aromatic nitrogens is 1. The molecule has 1 aliphatic heterocycles. The van der Waals surface area contributed by atoms with Gasteiger partial charge >= 0.3 is 0 Å². The van der Waals surface area contributed by atoms with E-state index in [1.54, 1.807) is 13.2 Å². The van der Waals surface area contributed by atoms with Crippen molar-refractivity contribution in [3.8, 4) is 5.75 Å². The van der Waals surface area contributed by atoms with Gasteiger partial charge in [0.25, 0.3) is 0 Å². The predicted octanol–water partition coefficient (Wildman–Crippen LogP) is 4.95. The van der Waals surface area contributed by atoms with Gasteiger partial charge in [-0.05, 0) is 56.1 Å². The highest BCUT2D eigenvalue weighted by Gasteiger charge is 2.24. The summed E-state index contributed by atoms with van der Waals surface area (Å²) in [5.74, 6) is 1.03. The predicted molar refractivity (Wildman–Crippen MR) is 108 cm³/mol. The smallest absolute Gasteiger partial charge is 0.170 e. The minimum atomic E-state index is -0.287. The van der Waals surface area contributed by atoms with E-state index in [-0.39, 0.29) is 5.82 Å². The molecular formula is C23H25FN2O2. The molecule has 4 rings (SSSR count). The summed E-state index contributed by atoms with van der Waals surface area (Å²) in [6, 6.07) is 12.8. The average molecular weight is 380 g/mol. The van der Waals surface area contributed by atoms with Crippen LogP contribution < -0.4 is 4.74 Å². The van der Waals surface area contributed by atoms with E-state index in [4.69, 9.17) is 9.26 Å². The van der Waals surface area contributed by atoms with Crippen molar-refractivity contribution in [3.05, 3.63) is 71.7 Å². The molecule has 0 saturated carbocycles. The molecule has 0 amide bonds. The maximum Gasteiger partial charge on any atom is 0.170 e. The summed E-state index contributed by atoms with van der Waals surface area (Å²) in [6.45, 7) is 3.01. The van der Waals surface area contributed by atoms with Gasteiger partial charge in [0.1, 0.15) is 11.6 Å². The van der Waals surface area contributed by atoms with E-state index in [0.29, 0.717) is 11.5 Å². The molecule has 0 spiro atoms. The molecule has 4 nitrogen and oxygen atoms in total. The third-order valence-corrected chi connectivity index (χ3v) is 5.50. The van der Waals surface area contributed by atoms with Crippen molar-refractivity contribution in [1.29, 1.82) is 0 Å². The minimum Gasteiger partial charge on any atom is -0.496 e. The largest absolute Gasteiger partial charge is 0.496 e. The van der Waals surface area contributed by atoms with Crippen LogP contribution in [0.25, 0.3) is 11.0 Å². The molecular weight excluding hydrogens is 355 g/mol. The standard InChI is InChI=1S/C23H25FN2O2/c1-27-21-8-3-2-6-17(21)7-4-5-13-26-14-11-18(12-15-26)23-20-10-9-19(24)16-22(20)28-25-23/h2-6,8-10,16,18H,7,11-15H2,1H3. The van der Waals surface area contributed by atoms with Crippen LogP contribution >= 0.6 is 0 Å². The first kappa shape index (κ1) is 18.7. The lowest BCUT2D eigenvalue weighted by atomic mass is 9.91. The number of ether oxygens (including phenoxy) is 1. The van der Waals surface area contributed by atoms with Crippen LogP contribution in [0, 0.1) is 5.82 Å². The Labute approximate surface area is 164 Å². The molecule has 2 aromatic carbocycles. The molecule has 0 bridgehead atoms. The van der Waals surface area contributed by atoms with Gasteiger partial charge in [0.2, 0.25) is 0 Å². The molecule has 0 aliphatic carbocycles. The van der Waals surface area contributed by atoms with E-state index in [1.165, 1.54) is 17.7 Å². The van der Waals surface area contributed by atoms with Crippen molar-refractivity contribution in [2.75, 3.05) is 26.7 Å². The van der Waals surface area contributed by atoms with Crippen molar-refractivity contribution in [2.45, 2.75) is 25.2 Å². The lowest BCUT2D eigenvalue weighted by molar-refractivity contribution is 0.228. The van der Waals surface area contributed by atoms with E-state index in [9.17, 15) is 4.39 Å². The van der Waals surface area contributed by atoms with E-state index in [0.717, 1.165) is 55.7 Å². The number of benzene rings is 2. The summed E-state index contributed by atoms with van der Waals surface area (Å²) in [6.07, 6.45) is 7.41. The molecule has 5 heteroatoms. The third-order valence-electron chi connectivity index (χ3n) is 5.50. The lowest BCUT2D eigenvalue weighted by Gasteiger charge is -2.30. The van der Waals surface area contributed by atoms with Gasteiger partial charge in [-0.25, -0.2) is 4.39 Å². The van der Waals surface area contributed by atoms with E-state index in [1.807, 2.05) is 18.2 Å². The number of likely N-dealkylation sites (tertiary alicyclic amines) is 1. The van der Waals surface area contributed by atoms with E-state index in [2.05, 4.69) is 28.3 Å². The zero-order valence-electron chi connectivity index (χ0n) is 16.1. The number of methoxy groups -OCH3 is 1. The molecule has 2 heterocycles. The van der Waals surface area contributed by atoms with Crippen molar-refractivity contribution in [1.82, 2.24) is 10.1 Å². The summed E-state index contributed by atoms with van der Waals surface area (Å²) < 4.78 is 24.1. The normalized spacial score (nSPS) is 16.2. The Morgan fingerprint density at radius 3 is 2.82 bits per heavy atom. The number of rotatable bonds is 6. The summed E-state index contributed by atoms with van der Waals surface area (Å²) >= 11 is 0. The van der Waals surface area contributed by atoms with Crippen LogP contribution in [0.5, 0.6) is 5.75 Å². The average Bonchev–Trinajstić information content (AvgIpc) is 3.15. The molecule has 1 aromatic heterocycles. The molecule has 1 fully saturated rings. The molecule has 1 aliphatic rings. The van der Waals surface area contributed by atoms with Gasteiger partial charge in [-0.1, -0.05) is 35.5 Å². The Morgan fingerprint density at radius 2 is 2.00 bits per heavy atom. The van der Waals surface area contributed by atoms with Crippen LogP contribution in [0.1, 0.15) is 30.0 Å². The molecule has 28 heavy (non-hydrogen) atoms. The number of para-hydroxylation sites is 1. The van der Waals surface area contributed by atoms with Crippen molar-refractivity contribution >= 4 is 11.0 Å². The molecule has 0 atom stereocenters. The number of nitrogens with zero attached hydrogens (tertiary/aromatic N) is 2. The molecule has 0 unspecified atom stereocenters. The van der Waals surface area contributed by atoms with Gasteiger partial charge in [0.15, 0.2) is 5.58 Å². The first-order chi connectivity index (χ1) is 13.7. The Hall–Kier alpha value is -2.66. The maximum atomic E-state index is 13.3. The number of piperidine rings is 1. The molecule has 0 N–H and O–H groups in total. The second kappa shape index (κ2) is 8.57. The molecule has 3 aromatic rings. The van der Waals surface area contributed by atoms with Crippen molar-refractivity contribution in [2.24, 2.45) is 0 Å². The quantitative estimate of drug-likeness (QED) is 0.567. The number of hydrogen-bond donors (Lipinski definition) is 0. The maximum absolute atomic E-state index is 13.3. The Bertz CT molecular complexity index is 958. The van der Waals surface area contributed by atoms with Crippen LogP contribution in [0.15, 0.2) is 59.1 Å². The van der Waals surface area contributed by atoms with Gasteiger partial charge in [-0.15, -0.1) is 0 Å². The van der Waals surface area contributed by atoms with Crippen molar-refractivity contribution in [3.63, 3.8) is 0 Å². The zero-order valence-corrected chi connectivity index (χ0v) is 16.1. The summed E-state index contributed by atoms with van der Waals surface area (Å²) in [5, 5.41) is 5.17. The van der Waals surface area contributed by atoms with Gasteiger partial charge < -0.3 is 9.26 Å². The summed E-state index contributed by atoms with van der Waals surface area (Å²) in [4.78, 5) is 2.46. The van der Waals surface area contributed by atoms with Crippen LogP contribution in [0.3, 0.4) is 0 Å². The van der Waals surface area contributed by atoms with Gasteiger partial charge in [-0.3, -0.25) is 4.90 Å².